The van der Waals surface area contributed by atoms with Gasteiger partial charge in [0.05, 0.1) is 6.61 Å². The molecule has 0 amide bonds. The Balaban J connectivity index is 0.000000376. The molecule has 1 N–H and O–H groups in total. The number of aliphatic hydroxyl groups excluding tert-OH is 1. The van der Waals surface area contributed by atoms with Gasteiger partial charge in [-0.2, -0.15) is 0 Å². The van der Waals surface area contributed by atoms with Gasteiger partial charge < -0.3 is 14.6 Å². The molecule has 3 heterocycles. The lowest BCUT2D eigenvalue weighted by molar-refractivity contribution is -0.156. The summed E-state index contributed by atoms with van der Waals surface area (Å²) in [5.74, 6) is -0.915. The molecule has 0 aromatic heterocycles. The van der Waals surface area contributed by atoms with Crippen LogP contribution in [-0.2, 0) is 14.3 Å². The first-order chi connectivity index (χ1) is 13.1. The zero-order chi connectivity index (χ0) is 19.4. The van der Waals surface area contributed by atoms with Gasteiger partial charge in [-0.15, -0.1) is 0 Å². The molecular formula is C21H30BrNO4. The van der Waals surface area contributed by atoms with E-state index in [2.05, 4.69) is 34.8 Å². The Kier molecular flexibility index (Phi) is 7.31. The van der Waals surface area contributed by atoms with Gasteiger partial charge in [0.25, 0.3) is 0 Å². The van der Waals surface area contributed by atoms with Crippen LogP contribution in [0.5, 0.6) is 0 Å². The maximum Gasteiger partial charge on any atom is 0.316 e. The first-order valence-corrected chi connectivity index (χ1v) is 11.0. The molecule has 3 aliphatic heterocycles. The van der Waals surface area contributed by atoms with Gasteiger partial charge in [-0.05, 0) is 19.0 Å². The number of likely N-dealkylation sites (N-methyl/N-ethyl adjacent to an activating group) is 1. The van der Waals surface area contributed by atoms with Crippen molar-refractivity contribution in [2.24, 2.45) is 0 Å². The third-order valence-electron chi connectivity index (χ3n) is 5.81. The quantitative estimate of drug-likeness (QED) is 0.419. The minimum absolute atomic E-state index is 0.0622. The van der Waals surface area contributed by atoms with Crippen LogP contribution in [0.2, 0.25) is 0 Å². The number of nitrogens with zero attached hydrogens (tertiary/aromatic N) is 1. The molecule has 27 heavy (non-hydrogen) atoms. The summed E-state index contributed by atoms with van der Waals surface area (Å²) < 4.78 is 11.4. The highest BCUT2D eigenvalue weighted by Gasteiger charge is 2.62. The summed E-state index contributed by atoms with van der Waals surface area (Å²) in [5, 5.41) is 10.7. The molecule has 0 saturated carbocycles. The molecule has 5 nitrogen and oxygen atoms in total. The van der Waals surface area contributed by atoms with Crippen molar-refractivity contribution in [3.63, 3.8) is 0 Å². The maximum absolute atomic E-state index is 12.4. The number of hydrogen-bond acceptors (Lipinski definition) is 5. The molecule has 0 radical (unpaired) electrons. The zero-order valence-corrected chi connectivity index (χ0v) is 17.7. The number of hydrogen-bond donors (Lipinski definition) is 1. The fraction of sp³-hybridized carbons (Fsp3) is 0.667. The average molecular weight is 440 g/mol. The van der Waals surface area contributed by atoms with E-state index in [9.17, 15) is 9.90 Å². The molecule has 3 fully saturated rings. The third kappa shape index (κ3) is 4.73. The number of rotatable bonds is 6. The van der Waals surface area contributed by atoms with E-state index in [4.69, 9.17) is 9.47 Å². The predicted octanol–water partition coefficient (Wildman–Crippen LogP) is 3.10. The van der Waals surface area contributed by atoms with Crippen LogP contribution >= 0.6 is 15.9 Å². The Morgan fingerprint density at radius 3 is 2.41 bits per heavy atom. The van der Waals surface area contributed by atoms with E-state index >= 15 is 0 Å². The number of fused-ring (bicyclic) bond motifs is 5. The monoisotopic (exact) mass is 439 g/mol. The normalized spacial score (nSPS) is 32.1. The molecule has 1 aromatic carbocycles. The lowest BCUT2D eigenvalue weighted by Gasteiger charge is -2.38. The number of ether oxygens (including phenoxy) is 2. The van der Waals surface area contributed by atoms with E-state index in [0.29, 0.717) is 24.3 Å². The topological polar surface area (TPSA) is 62.3 Å². The highest BCUT2D eigenvalue weighted by atomic mass is 79.9. The maximum atomic E-state index is 12.4. The van der Waals surface area contributed by atoms with Gasteiger partial charge in [0, 0.05) is 30.3 Å². The number of esters is 1. The number of carbonyl (C=O) groups is 1. The van der Waals surface area contributed by atoms with Gasteiger partial charge in [-0.1, -0.05) is 59.6 Å². The molecule has 3 aliphatic rings. The van der Waals surface area contributed by atoms with Crippen molar-refractivity contribution in [3.8, 4) is 0 Å². The molecule has 0 spiro atoms. The number of benzene rings is 1. The second-order valence-corrected chi connectivity index (χ2v) is 8.38. The van der Waals surface area contributed by atoms with Crippen molar-refractivity contribution in [1.82, 2.24) is 4.90 Å². The summed E-state index contributed by atoms with van der Waals surface area (Å²) in [6.07, 6.45) is 4.86. The Morgan fingerprint density at radius 1 is 1.30 bits per heavy atom. The van der Waals surface area contributed by atoms with Crippen LogP contribution in [0.4, 0.5) is 0 Å². The second-order valence-electron chi connectivity index (χ2n) is 7.58. The van der Waals surface area contributed by atoms with E-state index in [0.717, 1.165) is 23.7 Å². The summed E-state index contributed by atoms with van der Waals surface area (Å²) >= 11 is 3.31. The standard InChI is InChI=1S/C17H21NO4.C4H9Br/c1-18-13-7-11(8-14(18)16-15(13)22-16)21-17(20)12(9-19)10-5-3-2-4-6-10;1-2-3-4-5/h2-6,11-16,19H,7-9H2,1H3;2-4H2,1H3. The average Bonchev–Trinajstić information content (AvgIpc) is 3.43. The van der Waals surface area contributed by atoms with Crippen molar-refractivity contribution >= 4 is 21.9 Å². The SMILES string of the molecule is CCCCBr.CN1C2CC(OC(=O)C(CO)c3ccccc3)CC1C1OC12. The van der Waals surface area contributed by atoms with E-state index in [-0.39, 0.29) is 18.7 Å². The minimum Gasteiger partial charge on any atom is -0.462 e. The van der Waals surface area contributed by atoms with Crippen LogP contribution in [0.25, 0.3) is 0 Å². The molecule has 6 heteroatoms. The number of epoxide rings is 1. The molecule has 1 aromatic rings. The molecule has 5 unspecified atom stereocenters. The molecule has 0 aliphatic carbocycles. The Labute approximate surface area is 170 Å². The molecule has 3 saturated heterocycles. The highest BCUT2D eigenvalue weighted by Crippen LogP contribution is 2.48. The van der Waals surface area contributed by atoms with Crippen molar-refractivity contribution in [2.75, 3.05) is 19.0 Å². The molecule has 5 atom stereocenters. The smallest absolute Gasteiger partial charge is 0.316 e. The van der Waals surface area contributed by atoms with Crippen LogP contribution in [0.3, 0.4) is 0 Å². The first-order valence-electron chi connectivity index (χ1n) is 9.90. The lowest BCUT2D eigenvalue weighted by atomic mass is 9.97. The lowest BCUT2D eigenvalue weighted by Crippen LogP contribution is -2.48. The van der Waals surface area contributed by atoms with Crippen LogP contribution in [0, 0.1) is 0 Å². The Hall–Kier alpha value is -0.950. The summed E-state index contributed by atoms with van der Waals surface area (Å²) in [7, 11) is 2.13. The predicted molar refractivity (Wildman–Crippen MR) is 108 cm³/mol. The van der Waals surface area contributed by atoms with Crippen molar-refractivity contribution in [2.45, 2.75) is 68.9 Å². The Bertz CT molecular complexity index is 593. The Morgan fingerprint density at radius 2 is 1.93 bits per heavy atom. The molecule has 150 valence electrons. The summed E-state index contributed by atoms with van der Waals surface area (Å²) in [6, 6.07) is 10.1. The van der Waals surface area contributed by atoms with Crippen LogP contribution in [0.1, 0.15) is 44.1 Å². The largest absolute Gasteiger partial charge is 0.462 e. The minimum atomic E-state index is -0.593. The van der Waals surface area contributed by atoms with Crippen molar-refractivity contribution in [3.05, 3.63) is 35.9 Å². The number of alkyl halides is 1. The number of carbonyl (C=O) groups excluding carboxylic acids is 1. The number of halogens is 1. The van der Waals surface area contributed by atoms with Crippen LogP contribution in [0.15, 0.2) is 30.3 Å². The number of aliphatic hydroxyl groups is 1. The van der Waals surface area contributed by atoms with E-state index in [1.54, 1.807) is 0 Å². The molecule has 4 rings (SSSR count). The third-order valence-corrected chi connectivity index (χ3v) is 6.37. The molecular weight excluding hydrogens is 410 g/mol. The van der Waals surface area contributed by atoms with Gasteiger partial charge in [-0.3, -0.25) is 9.69 Å². The molecule has 2 bridgehead atoms. The van der Waals surface area contributed by atoms with Crippen molar-refractivity contribution in [1.29, 1.82) is 0 Å². The summed E-state index contributed by atoms with van der Waals surface area (Å²) in [4.78, 5) is 14.8. The summed E-state index contributed by atoms with van der Waals surface area (Å²) in [5.41, 5.74) is 0.803. The summed E-state index contributed by atoms with van der Waals surface area (Å²) in [6.45, 7) is 1.96. The van der Waals surface area contributed by atoms with Gasteiger partial charge in [0.2, 0.25) is 0 Å². The van der Waals surface area contributed by atoms with Gasteiger partial charge in [-0.25, -0.2) is 0 Å². The van der Waals surface area contributed by atoms with Gasteiger partial charge in [0.1, 0.15) is 24.2 Å². The number of morpholine rings is 1. The van der Waals surface area contributed by atoms with E-state index < -0.39 is 5.92 Å². The fourth-order valence-corrected chi connectivity index (χ4v) is 4.74. The van der Waals surface area contributed by atoms with E-state index in [1.807, 2.05) is 30.3 Å². The fourth-order valence-electron chi connectivity index (χ4n) is 4.18. The number of piperidine rings is 1. The number of unbranched alkanes of at least 4 members (excludes halogenated alkanes) is 1. The second kappa shape index (κ2) is 9.50. The van der Waals surface area contributed by atoms with Crippen molar-refractivity contribution < 1.29 is 19.4 Å². The van der Waals surface area contributed by atoms with Gasteiger partial charge >= 0.3 is 5.97 Å². The zero-order valence-electron chi connectivity index (χ0n) is 16.1. The first kappa shape index (κ1) is 20.8. The van der Waals surface area contributed by atoms with Crippen LogP contribution < -0.4 is 0 Å². The highest BCUT2D eigenvalue weighted by molar-refractivity contribution is 9.09. The van der Waals surface area contributed by atoms with Crippen LogP contribution in [-0.4, -0.2) is 65.4 Å². The van der Waals surface area contributed by atoms with E-state index in [1.165, 1.54) is 12.8 Å². The van der Waals surface area contributed by atoms with Gasteiger partial charge in [0.15, 0.2) is 0 Å².